The molecule has 7 nitrogen and oxygen atoms in total. The molecule has 166 valence electrons. The highest BCUT2D eigenvalue weighted by atomic mass is 16.6. The number of hydrogen-bond acceptors (Lipinski definition) is 7. The molecule has 7 heteroatoms. The van der Waals surface area contributed by atoms with Gasteiger partial charge in [0, 0.05) is 37.3 Å². The lowest BCUT2D eigenvalue weighted by atomic mass is 9.90. The number of hydrogen-bond donors (Lipinski definition) is 0. The molecule has 0 bridgehead atoms. The Bertz CT molecular complexity index is 1220. The molecule has 0 spiro atoms. The summed E-state index contributed by atoms with van der Waals surface area (Å²) >= 11 is 0. The van der Waals surface area contributed by atoms with Crippen molar-refractivity contribution >= 4 is 22.9 Å². The van der Waals surface area contributed by atoms with Gasteiger partial charge in [-0.2, -0.15) is 0 Å². The third kappa shape index (κ3) is 4.82. The van der Waals surface area contributed by atoms with E-state index < -0.39 is 17.3 Å². The largest absolute Gasteiger partial charge is 0.484 e. The number of esters is 2. The van der Waals surface area contributed by atoms with Gasteiger partial charge in [0.25, 0.3) is 0 Å². The van der Waals surface area contributed by atoms with Crippen LogP contribution < -0.4 is 15.1 Å². The minimum absolute atomic E-state index is 0.217. The number of aryl methyl sites for hydroxylation is 1. The summed E-state index contributed by atoms with van der Waals surface area (Å²) in [4.78, 5) is 35.0. The maximum atomic E-state index is 12.5. The van der Waals surface area contributed by atoms with Crippen LogP contribution >= 0.6 is 0 Å². The van der Waals surface area contributed by atoms with Gasteiger partial charge in [0.1, 0.15) is 28.8 Å². The normalized spacial score (nSPS) is 16.7. The Morgan fingerprint density at radius 3 is 2.56 bits per heavy atom. The smallest absolute Gasteiger partial charge is 0.336 e. The second-order valence-electron chi connectivity index (χ2n) is 8.38. The van der Waals surface area contributed by atoms with E-state index >= 15 is 0 Å². The minimum Gasteiger partial charge on any atom is -0.484 e. The zero-order valence-electron chi connectivity index (χ0n) is 18.2. The van der Waals surface area contributed by atoms with Gasteiger partial charge in [-0.1, -0.05) is 12.1 Å². The van der Waals surface area contributed by atoms with E-state index in [0.717, 1.165) is 16.5 Å². The molecule has 0 saturated heterocycles. The lowest BCUT2D eigenvalue weighted by Gasteiger charge is -2.39. The first kappa shape index (κ1) is 21.6. The van der Waals surface area contributed by atoms with Crippen LogP contribution in [0.25, 0.3) is 11.0 Å². The second kappa shape index (κ2) is 8.49. The van der Waals surface area contributed by atoms with Crippen molar-refractivity contribution in [2.45, 2.75) is 51.7 Å². The van der Waals surface area contributed by atoms with Crippen LogP contribution in [0.4, 0.5) is 0 Å². The molecule has 0 aliphatic carbocycles. The van der Waals surface area contributed by atoms with Gasteiger partial charge in [0.15, 0.2) is 0 Å². The summed E-state index contributed by atoms with van der Waals surface area (Å²) in [6, 6.07) is 13.7. The number of fused-ring (bicyclic) bond motifs is 2. The highest BCUT2D eigenvalue weighted by molar-refractivity contribution is 5.79. The van der Waals surface area contributed by atoms with Crippen molar-refractivity contribution in [3.8, 4) is 11.5 Å². The molecule has 0 saturated carbocycles. The maximum Gasteiger partial charge on any atom is 0.336 e. The van der Waals surface area contributed by atoms with E-state index in [1.54, 1.807) is 24.3 Å². The van der Waals surface area contributed by atoms with Crippen LogP contribution in [-0.2, 0) is 27.2 Å². The Labute approximate surface area is 184 Å². The molecule has 1 aromatic heterocycles. The van der Waals surface area contributed by atoms with Gasteiger partial charge in [0.2, 0.25) is 0 Å². The Morgan fingerprint density at radius 1 is 1.09 bits per heavy atom. The van der Waals surface area contributed by atoms with Crippen molar-refractivity contribution in [2.24, 2.45) is 0 Å². The summed E-state index contributed by atoms with van der Waals surface area (Å²) < 4.78 is 22.1. The van der Waals surface area contributed by atoms with Crippen molar-refractivity contribution < 1.29 is 28.2 Å². The van der Waals surface area contributed by atoms with Gasteiger partial charge < -0.3 is 18.6 Å². The fourth-order valence-corrected chi connectivity index (χ4v) is 3.73. The van der Waals surface area contributed by atoms with Gasteiger partial charge >= 0.3 is 17.6 Å². The van der Waals surface area contributed by atoms with Crippen molar-refractivity contribution in [3.05, 3.63) is 70.1 Å². The number of carbonyl (C=O) groups excluding carboxylic acids is 2. The summed E-state index contributed by atoms with van der Waals surface area (Å²) in [7, 11) is 0. The van der Waals surface area contributed by atoms with E-state index in [1.165, 1.54) is 13.0 Å². The lowest BCUT2D eigenvalue weighted by molar-refractivity contribution is -0.161. The molecule has 0 radical (unpaired) electrons. The van der Waals surface area contributed by atoms with Crippen LogP contribution in [0.3, 0.4) is 0 Å². The summed E-state index contributed by atoms with van der Waals surface area (Å²) in [5.74, 6) is 0.399. The maximum absolute atomic E-state index is 12.5. The molecule has 0 fully saturated rings. The topological polar surface area (TPSA) is 92.0 Å². The zero-order chi connectivity index (χ0) is 22.9. The van der Waals surface area contributed by atoms with Crippen molar-refractivity contribution in [3.63, 3.8) is 0 Å². The average Bonchev–Trinajstić information content (AvgIpc) is 2.72. The summed E-state index contributed by atoms with van der Waals surface area (Å²) in [5, 5.41) is 0.786. The third-order valence-electron chi connectivity index (χ3n) is 5.43. The number of rotatable bonds is 5. The van der Waals surface area contributed by atoms with Crippen LogP contribution in [-0.4, -0.2) is 23.6 Å². The molecule has 3 aromatic rings. The van der Waals surface area contributed by atoms with E-state index in [1.807, 2.05) is 32.0 Å². The monoisotopic (exact) mass is 436 g/mol. The molecule has 0 N–H and O–H groups in total. The molecule has 0 unspecified atom stereocenters. The number of benzene rings is 2. The molecule has 1 aliphatic heterocycles. The van der Waals surface area contributed by atoms with E-state index in [0.29, 0.717) is 29.9 Å². The fraction of sp³-hybridized carbons (Fsp3) is 0.320. The van der Waals surface area contributed by atoms with E-state index in [2.05, 4.69) is 0 Å². The number of carbonyl (C=O) groups is 2. The SMILES string of the molecule is CC(=O)Oc1ccc(CCC(=O)O[C@H]2Cc3cc4ccc(=O)oc4cc3OC2(C)C)cc1. The average molecular weight is 436 g/mol. The lowest BCUT2D eigenvalue weighted by Crippen LogP contribution is -2.48. The summed E-state index contributed by atoms with van der Waals surface area (Å²) in [6.45, 7) is 5.08. The van der Waals surface area contributed by atoms with Gasteiger partial charge in [-0.25, -0.2) is 4.79 Å². The van der Waals surface area contributed by atoms with Crippen LogP contribution in [0.5, 0.6) is 11.5 Å². The van der Waals surface area contributed by atoms with Gasteiger partial charge in [-0.3, -0.25) is 9.59 Å². The van der Waals surface area contributed by atoms with Crippen LogP contribution in [0.1, 0.15) is 38.3 Å². The molecule has 2 heterocycles. The van der Waals surface area contributed by atoms with E-state index in [9.17, 15) is 14.4 Å². The Hall–Kier alpha value is -3.61. The number of ether oxygens (including phenoxy) is 3. The van der Waals surface area contributed by atoms with Gasteiger partial charge in [-0.05, 0) is 55.7 Å². The molecule has 1 atom stereocenters. The predicted octanol–water partition coefficient (Wildman–Crippen LogP) is 3.98. The first-order chi connectivity index (χ1) is 15.2. The van der Waals surface area contributed by atoms with Crippen molar-refractivity contribution in [1.29, 1.82) is 0 Å². The summed E-state index contributed by atoms with van der Waals surface area (Å²) in [5.41, 5.74) is 1.14. The second-order valence-corrected chi connectivity index (χ2v) is 8.38. The van der Waals surface area contributed by atoms with Crippen LogP contribution in [0.2, 0.25) is 0 Å². The molecule has 1 aliphatic rings. The molecule has 4 rings (SSSR count). The van der Waals surface area contributed by atoms with Gasteiger partial charge in [-0.15, -0.1) is 0 Å². The van der Waals surface area contributed by atoms with Crippen molar-refractivity contribution in [2.75, 3.05) is 0 Å². The molecular weight excluding hydrogens is 412 g/mol. The molecule has 0 amide bonds. The predicted molar refractivity (Wildman–Crippen MR) is 117 cm³/mol. The highest BCUT2D eigenvalue weighted by Crippen LogP contribution is 2.37. The van der Waals surface area contributed by atoms with E-state index in [-0.39, 0.29) is 18.4 Å². The Morgan fingerprint density at radius 2 is 1.84 bits per heavy atom. The first-order valence-corrected chi connectivity index (χ1v) is 10.4. The molecule has 2 aromatic carbocycles. The quantitative estimate of drug-likeness (QED) is 0.339. The molecule has 32 heavy (non-hydrogen) atoms. The standard InChI is InChI=1S/C25H24O7/c1-15(26)29-19-8-4-16(5-9-19)6-10-24(28)31-22-13-18-12-17-7-11-23(27)30-20(17)14-21(18)32-25(22,2)3/h4-5,7-9,11-12,14,22H,6,10,13H2,1-3H3/t22-/m0/s1. The third-order valence-corrected chi connectivity index (χ3v) is 5.43. The highest BCUT2D eigenvalue weighted by Gasteiger charge is 2.40. The fourth-order valence-electron chi connectivity index (χ4n) is 3.73. The Balaban J connectivity index is 1.41. The summed E-state index contributed by atoms with van der Waals surface area (Å²) in [6.07, 6.45) is 0.769. The Kier molecular flexibility index (Phi) is 5.74. The first-order valence-electron chi connectivity index (χ1n) is 10.4. The minimum atomic E-state index is -0.739. The van der Waals surface area contributed by atoms with Gasteiger partial charge in [0.05, 0.1) is 0 Å². The van der Waals surface area contributed by atoms with E-state index in [4.69, 9.17) is 18.6 Å². The van der Waals surface area contributed by atoms with Crippen LogP contribution in [0.15, 0.2) is 57.7 Å². The van der Waals surface area contributed by atoms with Crippen molar-refractivity contribution in [1.82, 2.24) is 0 Å². The molecular formula is C25H24O7. The zero-order valence-corrected chi connectivity index (χ0v) is 18.2. The van der Waals surface area contributed by atoms with Crippen LogP contribution in [0, 0.1) is 0 Å².